The van der Waals surface area contributed by atoms with Crippen molar-refractivity contribution in [1.29, 1.82) is 0 Å². The molecule has 0 aliphatic carbocycles. The molecule has 1 amide bonds. The molecule has 0 saturated carbocycles. The van der Waals surface area contributed by atoms with E-state index < -0.39 is 0 Å². The molecule has 4 heteroatoms. The predicted molar refractivity (Wildman–Crippen MR) is 78.3 cm³/mol. The molecule has 1 N–H and O–H groups in total. The van der Waals surface area contributed by atoms with Gasteiger partial charge in [-0.2, -0.15) is 0 Å². The standard InChI is InChI=1S/C15H21N3O/c1-2-8-16-15(19)13-17-9-11-18(12-10-17)14-6-4-3-5-7-14/h2-7H,1,8-13H2,(H,16,19). The second-order valence-corrected chi connectivity index (χ2v) is 4.69. The minimum absolute atomic E-state index is 0.0769. The first kappa shape index (κ1) is 13.6. The van der Waals surface area contributed by atoms with Gasteiger partial charge in [0.15, 0.2) is 0 Å². The number of carbonyl (C=O) groups excluding carboxylic acids is 1. The molecular weight excluding hydrogens is 238 g/mol. The van der Waals surface area contributed by atoms with Crippen molar-refractivity contribution in [3.63, 3.8) is 0 Å². The Morgan fingerprint density at radius 1 is 1.21 bits per heavy atom. The van der Waals surface area contributed by atoms with E-state index >= 15 is 0 Å². The van der Waals surface area contributed by atoms with Crippen molar-refractivity contribution in [3.8, 4) is 0 Å². The first-order chi connectivity index (χ1) is 9.29. The third-order valence-electron chi connectivity index (χ3n) is 3.30. The maximum Gasteiger partial charge on any atom is 0.234 e. The van der Waals surface area contributed by atoms with E-state index in [1.54, 1.807) is 6.08 Å². The Balaban J connectivity index is 1.76. The summed E-state index contributed by atoms with van der Waals surface area (Å²) >= 11 is 0. The topological polar surface area (TPSA) is 35.6 Å². The fourth-order valence-corrected chi connectivity index (χ4v) is 2.25. The largest absolute Gasteiger partial charge is 0.369 e. The van der Waals surface area contributed by atoms with Gasteiger partial charge in [0.05, 0.1) is 6.54 Å². The average Bonchev–Trinajstić information content (AvgIpc) is 2.47. The van der Waals surface area contributed by atoms with E-state index in [4.69, 9.17) is 0 Å². The SMILES string of the molecule is C=CCNC(=O)CN1CCN(c2ccccc2)CC1. The molecule has 102 valence electrons. The van der Waals surface area contributed by atoms with Gasteiger partial charge in [-0.3, -0.25) is 9.69 Å². The molecule has 1 aromatic carbocycles. The highest BCUT2D eigenvalue weighted by molar-refractivity contribution is 5.78. The van der Waals surface area contributed by atoms with Gasteiger partial charge in [-0.1, -0.05) is 24.3 Å². The lowest BCUT2D eigenvalue weighted by Gasteiger charge is -2.35. The van der Waals surface area contributed by atoms with E-state index in [0.29, 0.717) is 13.1 Å². The van der Waals surface area contributed by atoms with Crippen LogP contribution in [-0.4, -0.2) is 50.1 Å². The maximum atomic E-state index is 11.6. The van der Waals surface area contributed by atoms with Crippen molar-refractivity contribution in [1.82, 2.24) is 10.2 Å². The van der Waals surface area contributed by atoms with Crippen LogP contribution >= 0.6 is 0 Å². The summed E-state index contributed by atoms with van der Waals surface area (Å²) in [5.74, 6) is 0.0769. The average molecular weight is 259 g/mol. The van der Waals surface area contributed by atoms with Crippen LogP contribution in [0.1, 0.15) is 0 Å². The molecule has 1 aromatic rings. The quantitative estimate of drug-likeness (QED) is 0.805. The Bertz CT molecular complexity index is 411. The van der Waals surface area contributed by atoms with Crippen LogP contribution in [0, 0.1) is 0 Å². The summed E-state index contributed by atoms with van der Waals surface area (Å²) in [6.45, 7) is 8.41. The van der Waals surface area contributed by atoms with Crippen molar-refractivity contribution in [2.24, 2.45) is 0 Å². The lowest BCUT2D eigenvalue weighted by molar-refractivity contribution is -0.122. The lowest BCUT2D eigenvalue weighted by atomic mass is 10.2. The van der Waals surface area contributed by atoms with Crippen LogP contribution in [0.4, 0.5) is 5.69 Å². The normalized spacial score (nSPS) is 16.1. The smallest absolute Gasteiger partial charge is 0.234 e. The summed E-state index contributed by atoms with van der Waals surface area (Å²) in [5, 5.41) is 2.81. The summed E-state index contributed by atoms with van der Waals surface area (Å²) in [6.07, 6.45) is 1.70. The molecule has 1 fully saturated rings. The van der Waals surface area contributed by atoms with E-state index in [-0.39, 0.29) is 5.91 Å². The van der Waals surface area contributed by atoms with Gasteiger partial charge in [-0.25, -0.2) is 0 Å². The third kappa shape index (κ3) is 4.10. The van der Waals surface area contributed by atoms with E-state index in [9.17, 15) is 4.79 Å². The number of amides is 1. The summed E-state index contributed by atoms with van der Waals surface area (Å²) in [5.41, 5.74) is 1.26. The van der Waals surface area contributed by atoms with Gasteiger partial charge in [-0.05, 0) is 12.1 Å². The van der Waals surface area contributed by atoms with Crippen molar-refractivity contribution in [2.75, 3.05) is 44.2 Å². The van der Waals surface area contributed by atoms with Crippen molar-refractivity contribution in [2.45, 2.75) is 0 Å². The Kier molecular flexibility index (Phi) is 4.98. The Hall–Kier alpha value is -1.81. The van der Waals surface area contributed by atoms with Crippen LogP contribution < -0.4 is 10.2 Å². The molecule has 0 spiro atoms. The van der Waals surface area contributed by atoms with Crippen LogP contribution in [0.5, 0.6) is 0 Å². The lowest BCUT2D eigenvalue weighted by Crippen LogP contribution is -2.49. The number of hydrogen-bond donors (Lipinski definition) is 1. The van der Waals surface area contributed by atoms with E-state index in [1.807, 2.05) is 6.07 Å². The monoisotopic (exact) mass is 259 g/mol. The number of para-hydroxylation sites is 1. The number of benzene rings is 1. The molecule has 4 nitrogen and oxygen atoms in total. The van der Waals surface area contributed by atoms with E-state index in [1.165, 1.54) is 5.69 Å². The highest BCUT2D eigenvalue weighted by Crippen LogP contribution is 2.15. The van der Waals surface area contributed by atoms with Gasteiger partial charge in [0.1, 0.15) is 0 Å². The van der Waals surface area contributed by atoms with Gasteiger partial charge in [-0.15, -0.1) is 6.58 Å². The molecule has 0 unspecified atom stereocenters. The minimum Gasteiger partial charge on any atom is -0.369 e. The predicted octanol–water partition coefficient (Wildman–Crippen LogP) is 1.11. The first-order valence-corrected chi connectivity index (χ1v) is 6.69. The second-order valence-electron chi connectivity index (χ2n) is 4.69. The molecule has 0 bridgehead atoms. The summed E-state index contributed by atoms with van der Waals surface area (Å²) < 4.78 is 0. The molecular formula is C15H21N3O. The Labute approximate surface area is 114 Å². The van der Waals surface area contributed by atoms with Crippen LogP contribution in [-0.2, 0) is 4.79 Å². The van der Waals surface area contributed by atoms with Gasteiger partial charge >= 0.3 is 0 Å². The van der Waals surface area contributed by atoms with Crippen LogP contribution in [0.15, 0.2) is 43.0 Å². The number of nitrogens with one attached hydrogen (secondary N) is 1. The molecule has 0 aromatic heterocycles. The van der Waals surface area contributed by atoms with Crippen molar-refractivity contribution < 1.29 is 4.79 Å². The zero-order chi connectivity index (χ0) is 13.5. The van der Waals surface area contributed by atoms with Crippen molar-refractivity contribution >= 4 is 11.6 Å². The highest BCUT2D eigenvalue weighted by atomic mass is 16.2. The van der Waals surface area contributed by atoms with Crippen LogP contribution in [0.2, 0.25) is 0 Å². The molecule has 0 radical (unpaired) electrons. The van der Waals surface area contributed by atoms with Gasteiger partial charge in [0.25, 0.3) is 0 Å². The zero-order valence-corrected chi connectivity index (χ0v) is 11.2. The van der Waals surface area contributed by atoms with Gasteiger partial charge < -0.3 is 10.2 Å². The third-order valence-corrected chi connectivity index (χ3v) is 3.30. The summed E-state index contributed by atoms with van der Waals surface area (Å²) in [6, 6.07) is 10.4. The van der Waals surface area contributed by atoms with Gasteiger partial charge in [0.2, 0.25) is 5.91 Å². The number of piperazine rings is 1. The molecule has 1 saturated heterocycles. The Morgan fingerprint density at radius 2 is 1.89 bits per heavy atom. The number of rotatable bonds is 5. The molecule has 2 rings (SSSR count). The minimum atomic E-state index is 0.0769. The fraction of sp³-hybridized carbons (Fsp3) is 0.400. The summed E-state index contributed by atoms with van der Waals surface area (Å²) in [7, 11) is 0. The first-order valence-electron chi connectivity index (χ1n) is 6.69. The highest BCUT2D eigenvalue weighted by Gasteiger charge is 2.18. The molecule has 1 aliphatic heterocycles. The summed E-state index contributed by atoms with van der Waals surface area (Å²) in [4.78, 5) is 16.2. The number of anilines is 1. The number of hydrogen-bond acceptors (Lipinski definition) is 3. The van der Waals surface area contributed by atoms with E-state index in [0.717, 1.165) is 26.2 Å². The van der Waals surface area contributed by atoms with Crippen molar-refractivity contribution in [3.05, 3.63) is 43.0 Å². The molecule has 1 aliphatic rings. The second kappa shape index (κ2) is 6.95. The van der Waals surface area contributed by atoms with Gasteiger partial charge in [0, 0.05) is 38.4 Å². The van der Waals surface area contributed by atoms with Crippen LogP contribution in [0.25, 0.3) is 0 Å². The number of carbonyl (C=O) groups is 1. The van der Waals surface area contributed by atoms with Crippen LogP contribution in [0.3, 0.4) is 0 Å². The maximum absolute atomic E-state index is 11.6. The molecule has 19 heavy (non-hydrogen) atoms. The number of nitrogens with zero attached hydrogens (tertiary/aromatic N) is 2. The zero-order valence-electron chi connectivity index (χ0n) is 11.2. The molecule has 1 heterocycles. The molecule has 0 atom stereocenters. The fourth-order valence-electron chi connectivity index (χ4n) is 2.25. The Morgan fingerprint density at radius 3 is 2.53 bits per heavy atom. The van der Waals surface area contributed by atoms with E-state index in [2.05, 4.69) is 46.0 Å².